The minimum atomic E-state index is -0.149. The Hall–Kier alpha value is -2.66. The Balaban J connectivity index is 1.57. The van der Waals surface area contributed by atoms with E-state index in [2.05, 4.69) is 49.2 Å². The van der Waals surface area contributed by atoms with Crippen LogP contribution in [0.5, 0.6) is 23.0 Å². The lowest BCUT2D eigenvalue weighted by atomic mass is 9.65. The van der Waals surface area contributed by atoms with Gasteiger partial charge in [0.05, 0.1) is 0 Å². The Kier molecular flexibility index (Phi) is 2.64. The van der Waals surface area contributed by atoms with Crippen LogP contribution in [0.3, 0.4) is 0 Å². The number of hydrogen-bond donors (Lipinski definition) is 0. The Morgan fingerprint density at radius 3 is 2.65 bits per heavy atom. The van der Waals surface area contributed by atoms with Crippen LogP contribution in [0, 0.1) is 0 Å². The lowest BCUT2D eigenvalue weighted by molar-refractivity contribution is 0.144. The zero-order valence-corrected chi connectivity index (χ0v) is 14.7. The first kappa shape index (κ1) is 14.5. The van der Waals surface area contributed by atoms with Crippen molar-refractivity contribution in [1.82, 2.24) is 4.90 Å². The second kappa shape index (κ2) is 4.74. The fourth-order valence-electron chi connectivity index (χ4n) is 5.00. The van der Waals surface area contributed by atoms with Crippen molar-refractivity contribution in [2.75, 3.05) is 20.6 Å². The molecule has 2 aromatic carbocycles. The van der Waals surface area contributed by atoms with Gasteiger partial charge in [0, 0.05) is 23.6 Å². The van der Waals surface area contributed by atoms with Gasteiger partial charge in [-0.1, -0.05) is 25.1 Å². The van der Waals surface area contributed by atoms with Gasteiger partial charge in [-0.05, 0) is 41.9 Å². The van der Waals surface area contributed by atoms with Crippen LogP contribution in [-0.2, 0) is 12.0 Å². The molecule has 5 heteroatoms. The molecule has 0 spiro atoms. The molecule has 0 N–H and O–H groups in total. The Bertz CT molecular complexity index is 982. The van der Waals surface area contributed by atoms with Crippen LogP contribution in [0.2, 0.25) is 0 Å². The number of nitrogens with zero attached hydrogens (tertiary/aromatic N) is 1. The number of hydrogen-bond acceptors (Lipinski definition) is 5. The van der Waals surface area contributed by atoms with Crippen molar-refractivity contribution < 1.29 is 18.9 Å². The van der Waals surface area contributed by atoms with Crippen molar-refractivity contribution in [1.29, 1.82) is 0 Å². The zero-order valence-electron chi connectivity index (χ0n) is 14.7. The van der Waals surface area contributed by atoms with Gasteiger partial charge in [0.25, 0.3) is 0 Å². The summed E-state index contributed by atoms with van der Waals surface area (Å²) in [6, 6.07) is 8.71. The number of fused-ring (bicyclic) bond motifs is 8. The third-order valence-electron chi connectivity index (χ3n) is 6.12. The lowest BCUT2D eigenvalue weighted by Gasteiger charge is -2.49. The van der Waals surface area contributed by atoms with Crippen LogP contribution in [0.15, 0.2) is 30.3 Å². The summed E-state index contributed by atoms with van der Waals surface area (Å²) in [4.78, 5) is 2.40. The minimum absolute atomic E-state index is 0.149. The van der Waals surface area contributed by atoms with Gasteiger partial charge < -0.3 is 18.9 Å². The molecule has 0 unspecified atom stereocenters. The second-order valence-electron chi connectivity index (χ2n) is 7.59. The van der Waals surface area contributed by atoms with Gasteiger partial charge in [-0.2, -0.15) is 0 Å². The van der Waals surface area contributed by atoms with Crippen LogP contribution in [0.1, 0.15) is 35.2 Å². The third-order valence-corrected chi connectivity index (χ3v) is 6.12. The molecule has 6 rings (SSSR count). The number of ether oxygens (including phenoxy) is 4. The van der Waals surface area contributed by atoms with E-state index in [1.807, 2.05) is 6.07 Å². The summed E-state index contributed by atoms with van der Waals surface area (Å²) in [6.45, 7) is 3.73. The van der Waals surface area contributed by atoms with E-state index in [0.717, 1.165) is 29.5 Å². The molecule has 2 aromatic rings. The van der Waals surface area contributed by atoms with Crippen molar-refractivity contribution in [2.45, 2.75) is 24.9 Å². The summed E-state index contributed by atoms with van der Waals surface area (Å²) in [7, 11) is 2.18. The first-order valence-electron chi connectivity index (χ1n) is 8.90. The predicted octanol–water partition coefficient (Wildman–Crippen LogP) is 3.62. The van der Waals surface area contributed by atoms with E-state index in [4.69, 9.17) is 18.9 Å². The molecule has 0 aromatic heterocycles. The van der Waals surface area contributed by atoms with Crippen LogP contribution < -0.4 is 18.9 Å². The van der Waals surface area contributed by atoms with E-state index in [-0.39, 0.29) is 11.5 Å². The molecule has 0 saturated carbocycles. The van der Waals surface area contributed by atoms with Gasteiger partial charge in [0.1, 0.15) is 0 Å². The highest BCUT2D eigenvalue weighted by Gasteiger charge is 2.47. The van der Waals surface area contributed by atoms with E-state index in [0.29, 0.717) is 13.6 Å². The van der Waals surface area contributed by atoms with Crippen LogP contribution in [0.4, 0.5) is 0 Å². The molecule has 3 heterocycles. The smallest absolute Gasteiger partial charge is 0.231 e. The van der Waals surface area contributed by atoms with Gasteiger partial charge in [0.15, 0.2) is 23.0 Å². The molecule has 2 atom stereocenters. The highest BCUT2D eigenvalue weighted by Crippen LogP contribution is 2.55. The van der Waals surface area contributed by atoms with Crippen molar-refractivity contribution >= 4 is 6.08 Å². The quantitative estimate of drug-likeness (QED) is 0.727. The zero-order chi connectivity index (χ0) is 17.5. The van der Waals surface area contributed by atoms with E-state index in [9.17, 15) is 0 Å². The molecule has 132 valence electrons. The SMILES string of the molecule is CN1Cc2c(ccc3c2OCO3)[C@]2(C)C=Cc3cc4c(cc3[C@@H]12)OCO4. The largest absolute Gasteiger partial charge is 0.454 e. The lowest BCUT2D eigenvalue weighted by Crippen LogP contribution is -2.45. The second-order valence-corrected chi connectivity index (χ2v) is 7.59. The molecule has 0 amide bonds. The van der Waals surface area contributed by atoms with Crippen molar-refractivity contribution in [3.05, 3.63) is 52.6 Å². The van der Waals surface area contributed by atoms with Crippen LogP contribution in [0.25, 0.3) is 6.08 Å². The van der Waals surface area contributed by atoms with E-state index in [1.54, 1.807) is 0 Å². The van der Waals surface area contributed by atoms with Gasteiger partial charge in [-0.15, -0.1) is 0 Å². The molecule has 3 aliphatic heterocycles. The average molecular weight is 349 g/mol. The van der Waals surface area contributed by atoms with Gasteiger partial charge in [-0.25, -0.2) is 0 Å². The molecule has 5 nitrogen and oxygen atoms in total. The van der Waals surface area contributed by atoms with Gasteiger partial charge in [-0.3, -0.25) is 4.90 Å². The molecule has 0 fully saturated rings. The van der Waals surface area contributed by atoms with Crippen molar-refractivity contribution in [3.8, 4) is 23.0 Å². The first-order chi connectivity index (χ1) is 12.6. The van der Waals surface area contributed by atoms with Crippen molar-refractivity contribution in [3.63, 3.8) is 0 Å². The third kappa shape index (κ3) is 1.69. The van der Waals surface area contributed by atoms with Crippen LogP contribution in [-0.4, -0.2) is 25.5 Å². The summed E-state index contributed by atoms with van der Waals surface area (Å²) in [5.41, 5.74) is 4.88. The first-order valence-corrected chi connectivity index (χ1v) is 8.90. The Morgan fingerprint density at radius 2 is 1.77 bits per heavy atom. The van der Waals surface area contributed by atoms with Crippen molar-refractivity contribution in [2.24, 2.45) is 0 Å². The van der Waals surface area contributed by atoms with E-state index in [1.165, 1.54) is 22.3 Å². The monoisotopic (exact) mass is 349 g/mol. The predicted molar refractivity (Wildman–Crippen MR) is 95.7 cm³/mol. The maximum Gasteiger partial charge on any atom is 0.231 e. The topological polar surface area (TPSA) is 40.2 Å². The Labute approximate surface area is 151 Å². The molecular weight excluding hydrogens is 330 g/mol. The highest BCUT2D eigenvalue weighted by atomic mass is 16.7. The fraction of sp³-hybridized carbons (Fsp3) is 0.333. The summed E-state index contributed by atoms with van der Waals surface area (Å²) < 4.78 is 22.6. The summed E-state index contributed by atoms with van der Waals surface area (Å²) >= 11 is 0. The van der Waals surface area contributed by atoms with Crippen LogP contribution >= 0.6 is 0 Å². The minimum Gasteiger partial charge on any atom is -0.454 e. The highest BCUT2D eigenvalue weighted by molar-refractivity contribution is 5.69. The number of likely N-dealkylation sites (N-methyl/N-ethyl adjacent to an activating group) is 1. The summed E-state index contributed by atoms with van der Waals surface area (Å²) in [5.74, 6) is 3.42. The van der Waals surface area contributed by atoms with E-state index >= 15 is 0 Å². The molecular formula is C21H19NO4. The van der Waals surface area contributed by atoms with E-state index < -0.39 is 0 Å². The molecule has 4 aliphatic rings. The fourth-order valence-corrected chi connectivity index (χ4v) is 5.00. The molecule has 0 radical (unpaired) electrons. The Morgan fingerprint density at radius 1 is 1.00 bits per heavy atom. The number of rotatable bonds is 0. The standard InChI is InChI=1S/C21H19NO4/c1-21-6-5-12-7-17-18(25-10-24-17)8-13(12)20(21)22(2)9-14-15(21)3-4-16-19(14)26-11-23-16/h3-8,20H,9-11H2,1-2H3/t20-,21+/m1/s1. The summed E-state index contributed by atoms with van der Waals surface area (Å²) in [5, 5.41) is 0. The number of benzene rings is 2. The molecule has 0 bridgehead atoms. The normalized spacial score (nSPS) is 27.1. The molecule has 1 aliphatic carbocycles. The molecule has 26 heavy (non-hydrogen) atoms. The summed E-state index contributed by atoms with van der Waals surface area (Å²) in [6.07, 6.45) is 4.53. The van der Waals surface area contributed by atoms with Gasteiger partial charge >= 0.3 is 0 Å². The average Bonchev–Trinajstić information content (AvgIpc) is 3.28. The maximum absolute atomic E-state index is 5.79. The van der Waals surface area contributed by atoms with Gasteiger partial charge in [0.2, 0.25) is 13.6 Å². The maximum atomic E-state index is 5.79. The molecule has 0 saturated heterocycles.